The van der Waals surface area contributed by atoms with E-state index in [1.807, 2.05) is 0 Å². The second-order valence-electron chi connectivity index (χ2n) is 9.77. The number of unbranched alkanes of at least 4 members (excludes halogenated alkanes) is 19. The number of hydrogen-bond acceptors (Lipinski definition) is 6. The molecule has 0 aliphatic rings. The van der Waals surface area contributed by atoms with E-state index in [1.54, 1.807) is 0 Å². The molecular weight excluding hydrogens is 502 g/mol. The van der Waals surface area contributed by atoms with Crippen LogP contribution in [-0.4, -0.2) is 35.1 Å². The molecule has 0 saturated carbocycles. The molecule has 2 N–H and O–H groups in total. The van der Waals surface area contributed by atoms with Gasteiger partial charge in [-0.15, -0.1) is 0 Å². The Morgan fingerprint density at radius 3 is 0.917 bits per heavy atom. The smallest absolute Gasteiger partial charge is 0.319 e. The predicted octanol–water partition coefficient (Wildman–Crippen LogP) is 8.29. The Bertz CT molecular complexity index is 654. The number of carbonyl (C=O) groups is 2. The Morgan fingerprint density at radius 2 is 0.694 bits per heavy atom. The lowest BCUT2D eigenvalue weighted by molar-refractivity contribution is -0.114. The lowest BCUT2D eigenvalue weighted by atomic mass is 10.0. The molecule has 0 atom stereocenters. The van der Waals surface area contributed by atoms with Gasteiger partial charge in [0.25, 0.3) is 0 Å². The summed E-state index contributed by atoms with van der Waals surface area (Å²) >= 11 is 0. The third-order valence-corrected chi connectivity index (χ3v) is 9.31. The molecule has 0 heterocycles. The van der Waals surface area contributed by atoms with Crippen molar-refractivity contribution in [2.75, 3.05) is 14.2 Å². The van der Waals surface area contributed by atoms with Crippen molar-refractivity contribution in [1.82, 2.24) is 0 Å². The van der Waals surface area contributed by atoms with Crippen molar-refractivity contribution < 1.29 is 37.6 Å². The summed E-state index contributed by atoms with van der Waals surface area (Å²) < 4.78 is 32.1. The molecule has 10 heteroatoms. The fourth-order valence-electron chi connectivity index (χ4n) is 4.30. The summed E-state index contributed by atoms with van der Waals surface area (Å²) in [5.74, 6) is 0. The monoisotopic (exact) mass is 554 g/mol. The standard InChI is InChI=1S/C26H52O8P2/c1-33-36(32,34-2)26(28)24-22-20-18-16-14-12-10-8-6-4-3-5-7-9-11-13-15-17-19-21-23-25(27)35(29,30)31/h3-24H2,1-2H3,(H2,29,30,31). The van der Waals surface area contributed by atoms with Gasteiger partial charge in [0.05, 0.1) is 0 Å². The first kappa shape index (κ1) is 35.6. The van der Waals surface area contributed by atoms with Crippen molar-refractivity contribution in [1.29, 1.82) is 0 Å². The van der Waals surface area contributed by atoms with Crippen LogP contribution in [0, 0.1) is 0 Å². The molecule has 0 saturated heterocycles. The summed E-state index contributed by atoms with van der Waals surface area (Å²) in [5, 5.41) is 0. The molecule has 0 aliphatic carbocycles. The number of carbonyl (C=O) groups excluding carboxylic acids is 2. The zero-order chi connectivity index (χ0) is 27.1. The highest BCUT2D eigenvalue weighted by Gasteiger charge is 2.30. The normalized spacial score (nSPS) is 12.2. The molecule has 0 fully saturated rings. The zero-order valence-corrected chi connectivity index (χ0v) is 24.6. The molecule has 0 spiro atoms. The maximum atomic E-state index is 11.9. The van der Waals surface area contributed by atoms with Gasteiger partial charge in [0.15, 0.2) is 0 Å². The molecule has 8 nitrogen and oxygen atoms in total. The van der Waals surface area contributed by atoms with Gasteiger partial charge >= 0.3 is 15.2 Å². The maximum Gasteiger partial charge on any atom is 0.396 e. The van der Waals surface area contributed by atoms with Crippen LogP contribution in [0.3, 0.4) is 0 Å². The van der Waals surface area contributed by atoms with Crippen LogP contribution in [0.1, 0.15) is 141 Å². The van der Waals surface area contributed by atoms with Crippen LogP contribution in [0.4, 0.5) is 0 Å². The molecule has 0 bridgehead atoms. The van der Waals surface area contributed by atoms with E-state index in [1.165, 1.54) is 97.7 Å². The van der Waals surface area contributed by atoms with E-state index in [0.29, 0.717) is 6.42 Å². The van der Waals surface area contributed by atoms with E-state index in [-0.39, 0.29) is 12.8 Å². The average Bonchev–Trinajstić information content (AvgIpc) is 2.85. The van der Waals surface area contributed by atoms with Gasteiger partial charge in [0.1, 0.15) is 0 Å². The fraction of sp³-hybridized carbons (Fsp3) is 0.923. The summed E-state index contributed by atoms with van der Waals surface area (Å²) in [5.41, 5.74) is -1.35. The third kappa shape index (κ3) is 19.7. The molecule has 0 amide bonds. The van der Waals surface area contributed by atoms with Crippen LogP contribution in [0.15, 0.2) is 0 Å². The summed E-state index contributed by atoms with van der Waals surface area (Å²) in [6, 6.07) is 0. The minimum Gasteiger partial charge on any atom is -0.319 e. The first-order valence-electron chi connectivity index (χ1n) is 14.0. The summed E-state index contributed by atoms with van der Waals surface area (Å²) in [6.45, 7) is 0. The van der Waals surface area contributed by atoms with E-state index >= 15 is 0 Å². The minimum atomic E-state index is -4.52. The van der Waals surface area contributed by atoms with Crippen molar-refractivity contribution in [3.05, 3.63) is 0 Å². The van der Waals surface area contributed by atoms with Gasteiger partial charge in [-0.05, 0) is 12.8 Å². The van der Waals surface area contributed by atoms with E-state index in [4.69, 9.17) is 18.8 Å². The highest BCUT2D eigenvalue weighted by molar-refractivity contribution is 7.71. The van der Waals surface area contributed by atoms with Crippen LogP contribution in [0.25, 0.3) is 0 Å². The SMILES string of the molecule is COP(=O)(OC)C(=O)CCCCCCCCCCCCCCCCCCCCCCC(=O)P(=O)(O)O. The van der Waals surface area contributed by atoms with Crippen molar-refractivity contribution in [3.8, 4) is 0 Å². The summed E-state index contributed by atoms with van der Waals surface area (Å²) in [6.07, 6.45) is 23.3. The van der Waals surface area contributed by atoms with E-state index in [9.17, 15) is 18.7 Å². The lowest BCUT2D eigenvalue weighted by Crippen LogP contribution is -2.03. The predicted molar refractivity (Wildman–Crippen MR) is 145 cm³/mol. The molecule has 214 valence electrons. The van der Waals surface area contributed by atoms with Gasteiger partial charge in [-0.25, -0.2) is 0 Å². The van der Waals surface area contributed by atoms with Crippen LogP contribution in [-0.2, 0) is 27.8 Å². The highest BCUT2D eigenvalue weighted by atomic mass is 31.2. The first-order valence-corrected chi connectivity index (χ1v) is 17.2. The van der Waals surface area contributed by atoms with Crippen molar-refractivity contribution in [2.24, 2.45) is 0 Å². The molecule has 36 heavy (non-hydrogen) atoms. The lowest BCUT2D eigenvalue weighted by Gasteiger charge is -2.11. The Kier molecular flexibility index (Phi) is 22.4. The van der Waals surface area contributed by atoms with E-state index in [2.05, 4.69) is 0 Å². The molecular formula is C26H52O8P2. The van der Waals surface area contributed by atoms with Crippen LogP contribution in [0.5, 0.6) is 0 Å². The number of hydrogen-bond donors (Lipinski definition) is 2. The first-order chi connectivity index (χ1) is 17.2. The van der Waals surface area contributed by atoms with Gasteiger partial charge < -0.3 is 18.8 Å². The fourth-order valence-corrected chi connectivity index (χ4v) is 5.73. The summed E-state index contributed by atoms with van der Waals surface area (Å²) in [7, 11) is -5.57. The quantitative estimate of drug-likeness (QED) is 0.0767. The van der Waals surface area contributed by atoms with Gasteiger partial charge in [0.2, 0.25) is 11.0 Å². The largest absolute Gasteiger partial charge is 0.396 e. The molecule has 0 rings (SSSR count). The molecule has 0 aromatic carbocycles. The molecule has 0 unspecified atom stereocenters. The second-order valence-corrected chi connectivity index (χ2v) is 13.6. The minimum absolute atomic E-state index is 0.00720. The van der Waals surface area contributed by atoms with Crippen LogP contribution in [0.2, 0.25) is 0 Å². The van der Waals surface area contributed by atoms with Crippen LogP contribution < -0.4 is 0 Å². The average molecular weight is 555 g/mol. The van der Waals surface area contributed by atoms with Crippen LogP contribution >= 0.6 is 15.2 Å². The Balaban J connectivity index is 3.26. The molecule has 0 radical (unpaired) electrons. The van der Waals surface area contributed by atoms with Crippen molar-refractivity contribution in [2.45, 2.75) is 141 Å². The van der Waals surface area contributed by atoms with Gasteiger partial charge in [0, 0.05) is 27.1 Å². The Morgan fingerprint density at radius 1 is 0.472 bits per heavy atom. The topological polar surface area (TPSA) is 127 Å². The Labute approximate surface area is 219 Å². The number of rotatable bonds is 27. The highest BCUT2D eigenvalue weighted by Crippen LogP contribution is 2.48. The van der Waals surface area contributed by atoms with Gasteiger partial charge in [-0.2, -0.15) is 0 Å². The maximum absolute atomic E-state index is 11.9. The third-order valence-electron chi connectivity index (χ3n) is 6.64. The van der Waals surface area contributed by atoms with E-state index in [0.717, 1.165) is 38.5 Å². The molecule has 0 aromatic rings. The van der Waals surface area contributed by atoms with Gasteiger partial charge in [-0.3, -0.25) is 18.7 Å². The second kappa shape index (κ2) is 22.6. The van der Waals surface area contributed by atoms with E-state index < -0.39 is 26.2 Å². The zero-order valence-electron chi connectivity index (χ0n) is 22.8. The molecule has 0 aliphatic heterocycles. The summed E-state index contributed by atoms with van der Waals surface area (Å²) in [4.78, 5) is 40.4. The molecule has 0 aromatic heterocycles. The van der Waals surface area contributed by atoms with Gasteiger partial charge in [-0.1, -0.05) is 116 Å². The Hall–Kier alpha value is -0.360. The van der Waals surface area contributed by atoms with Crippen molar-refractivity contribution in [3.63, 3.8) is 0 Å². The van der Waals surface area contributed by atoms with Crippen molar-refractivity contribution >= 4 is 26.2 Å².